The predicted molar refractivity (Wildman–Crippen MR) is 116 cm³/mol. The number of benzene rings is 2. The van der Waals surface area contributed by atoms with Crippen molar-refractivity contribution in [1.82, 2.24) is 0 Å². The largest absolute Gasteiger partial charge is 0.378 e. The molecule has 0 aliphatic heterocycles. The maximum atomic E-state index is 13.5. The number of allylic oxidation sites excluding steroid dienone is 1. The maximum Gasteiger partial charge on any atom is 0.339 e. The Morgan fingerprint density at radius 2 is 1.31 bits per heavy atom. The molecule has 154 valence electrons. The molecule has 0 heterocycles. The van der Waals surface area contributed by atoms with Gasteiger partial charge >= 0.3 is 10.1 Å². The lowest BCUT2D eigenvalue weighted by Crippen LogP contribution is -2.14. The Hall–Kier alpha value is -2.40. The van der Waals surface area contributed by atoms with Crippen LogP contribution in [0.2, 0.25) is 0 Å². The fraction of sp³-hybridized carbons (Fsp3) is 0.375. The molecule has 4 nitrogen and oxygen atoms in total. The van der Waals surface area contributed by atoms with Gasteiger partial charge in [0.05, 0.1) is 0 Å². The van der Waals surface area contributed by atoms with Crippen molar-refractivity contribution in [2.45, 2.75) is 64.2 Å². The lowest BCUT2D eigenvalue weighted by molar-refractivity contribution is 0.104. The van der Waals surface area contributed by atoms with Crippen LogP contribution < -0.4 is 0 Å². The van der Waals surface area contributed by atoms with Crippen LogP contribution in [0.3, 0.4) is 0 Å². The highest BCUT2D eigenvalue weighted by molar-refractivity contribution is 7.87. The van der Waals surface area contributed by atoms with Crippen LogP contribution in [-0.4, -0.2) is 14.2 Å². The van der Waals surface area contributed by atoms with E-state index in [9.17, 15) is 13.2 Å². The zero-order chi connectivity index (χ0) is 21.5. The van der Waals surface area contributed by atoms with E-state index in [1.54, 1.807) is 24.3 Å². The molecule has 2 aromatic rings. The summed E-state index contributed by atoms with van der Waals surface area (Å²) in [6, 6.07) is 10.8. The monoisotopic (exact) mass is 412 g/mol. The van der Waals surface area contributed by atoms with Crippen LogP contribution >= 0.6 is 0 Å². The minimum Gasteiger partial charge on any atom is -0.378 e. The summed E-state index contributed by atoms with van der Waals surface area (Å²) < 4.78 is 32.5. The third kappa shape index (κ3) is 4.01. The standard InChI is InChI=1S/C24H28O4S/c1-14(2)17-11-20(15(3)4)24(21(12-17)16(5)6)29(26,27)28-23-13-22(25)18-9-7-8-10-19(18)23/h7-16H,1-6H3. The number of carbonyl (C=O) groups excluding carboxylic acids is 1. The molecule has 0 radical (unpaired) electrons. The molecule has 29 heavy (non-hydrogen) atoms. The van der Waals surface area contributed by atoms with Crippen LogP contribution in [0.4, 0.5) is 0 Å². The maximum absolute atomic E-state index is 13.5. The van der Waals surface area contributed by atoms with E-state index in [1.165, 1.54) is 6.08 Å². The van der Waals surface area contributed by atoms with E-state index in [4.69, 9.17) is 4.18 Å². The molecule has 0 bridgehead atoms. The molecule has 0 saturated carbocycles. The summed E-state index contributed by atoms with van der Waals surface area (Å²) in [4.78, 5) is 12.4. The number of fused-ring (bicyclic) bond motifs is 1. The summed E-state index contributed by atoms with van der Waals surface area (Å²) in [7, 11) is -4.12. The first-order valence-corrected chi connectivity index (χ1v) is 11.4. The van der Waals surface area contributed by atoms with Crippen LogP contribution in [0.15, 0.2) is 47.4 Å². The van der Waals surface area contributed by atoms with Gasteiger partial charge in [-0.2, -0.15) is 8.42 Å². The summed E-state index contributed by atoms with van der Waals surface area (Å²) in [5, 5.41) is 0. The summed E-state index contributed by atoms with van der Waals surface area (Å²) in [6.07, 6.45) is 1.26. The van der Waals surface area contributed by atoms with Gasteiger partial charge in [-0.1, -0.05) is 77.9 Å². The molecule has 0 amide bonds. The van der Waals surface area contributed by atoms with Crippen LogP contribution in [-0.2, 0) is 14.3 Å². The summed E-state index contributed by atoms with van der Waals surface area (Å²) in [6.45, 7) is 12.1. The first kappa shape index (κ1) is 21.3. The molecule has 0 N–H and O–H groups in total. The molecule has 5 heteroatoms. The SMILES string of the molecule is CC(C)c1cc(C(C)C)c(S(=O)(=O)OC2=CC(=O)c3ccccc32)c(C(C)C)c1. The fourth-order valence-electron chi connectivity index (χ4n) is 3.59. The second kappa shape index (κ2) is 7.79. The van der Waals surface area contributed by atoms with Crippen LogP contribution in [0.5, 0.6) is 0 Å². The molecule has 1 aliphatic carbocycles. The minimum atomic E-state index is -4.12. The fourth-order valence-corrected chi connectivity index (χ4v) is 5.22. The quantitative estimate of drug-likeness (QED) is 0.546. The zero-order valence-corrected chi connectivity index (χ0v) is 18.6. The summed E-state index contributed by atoms with van der Waals surface area (Å²) >= 11 is 0. The second-order valence-electron chi connectivity index (χ2n) is 8.45. The van der Waals surface area contributed by atoms with E-state index in [0.717, 1.165) is 16.7 Å². The third-order valence-corrected chi connectivity index (χ3v) is 6.62. The van der Waals surface area contributed by atoms with Gasteiger partial charge in [0.2, 0.25) is 0 Å². The number of rotatable bonds is 6. The van der Waals surface area contributed by atoms with Crippen molar-refractivity contribution in [2.75, 3.05) is 0 Å². The number of hydrogen-bond acceptors (Lipinski definition) is 4. The van der Waals surface area contributed by atoms with Gasteiger partial charge in [-0.3, -0.25) is 4.79 Å². The first-order chi connectivity index (χ1) is 13.5. The highest BCUT2D eigenvalue weighted by Crippen LogP contribution is 2.38. The smallest absolute Gasteiger partial charge is 0.339 e. The Bertz CT molecular complexity index is 1060. The summed E-state index contributed by atoms with van der Waals surface area (Å²) in [5.41, 5.74) is 3.58. The van der Waals surface area contributed by atoms with E-state index < -0.39 is 10.1 Å². The number of ketones is 1. The Labute approximate surface area is 173 Å². The predicted octanol–water partition coefficient (Wildman–Crippen LogP) is 6.00. The highest BCUT2D eigenvalue weighted by Gasteiger charge is 2.32. The molecule has 3 rings (SSSR count). The lowest BCUT2D eigenvalue weighted by atomic mass is 9.89. The van der Waals surface area contributed by atoms with E-state index in [2.05, 4.69) is 13.8 Å². The first-order valence-electron chi connectivity index (χ1n) is 10.0. The molecular formula is C24H28O4S. The molecule has 0 fully saturated rings. The van der Waals surface area contributed by atoms with Crippen molar-refractivity contribution in [3.8, 4) is 0 Å². The van der Waals surface area contributed by atoms with Crippen molar-refractivity contribution >= 4 is 21.7 Å². The molecule has 0 saturated heterocycles. The molecule has 0 unspecified atom stereocenters. The zero-order valence-electron chi connectivity index (χ0n) is 17.8. The van der Waals surface area contributed by atoms with Gasteiger partial charge in [0.15, 0.2) is 11.5 Å². The van der Waals surface area contributed by atoms with Gasteiger partial charge in [-0.15, -0.1) is 0 Å². The van der Waals surface area contributed by atoms with E-state index in [-0.39, 0.29) is 34.2 Å². The Morgan fingerprint density at radius 1 is 0.793 bits per heavy atom. The summed E-state index contributed by atoms with van der Waals surface area (Å²) in [5.74, 6) is 0.138. The van der Waals surface area contributed by atoms with Gasteiger partial charge < -0.3 is 4.18 Å². The van der Waals surface area contributed by atoms with Gasteiger partial charge in [0.25, 0.3) is 0 Å². The van der Waals surface area contributed by atoms with Gasteiger partial charge in [0, 0.05) is 17.2 Å². The van der Waals surface area contributed by atoms with Crippen molar-refractivity contribution in [3.05, 3.63) is 70.3 Å². The second-order valence-corrected chi connectivity index (χ2v) is 9.93. The van der Waals surface area contributed by atoms with Crippen molar-refractivity contribution < 1.29 is 17.4 Å². The number of carbonyl (C=O) groups is 1. The highest BCUT2D eigenvalue weighted by atomic mass is 32.2. The normalized spacial score (nSPS) is 14.0. The van der Waals surface area contributed by atoms with Crippen LogP contribution in [0.1, 0.15) is 91.9 Å². The van der Waals surface area contributed by atoms with Crippen molar-refractivity contribution in [1.29, 1.82) is 0 Å². The van der Waals surface area contributed by atoms with Crippen LogP contribution in [0.25, 0.3) is 5.76 Å². The number of hydrogen-bond donors (Lipinski definition) is 0. The third-order valence-electron chi connectivity index (χ3n) is 5.25. The van der Waals surface area contributed by atoms with E-state index in [1.807, 2.05) is 39.8 Å². The minimum absolute atomic E-state index is 0.00560. The molecule has 1 aliphatic rings. The van der Waals surface area contributed by atoms with Crippen molar-refractivity contribution in [2.24, 2.45) is 0 Å². The van der Waals surface area contributed by atoms with E-state index in [0.29, 0.717) is 11.1 Å². The Balaban J connectivity index is 2.16. The Morgan fingerprint density at radius 3 is 1.79 bits per heavy atom. The average Bonchev–Trinajstić information content (AvgIpc) is 2.95. The van der Waals surface area contributed by atoms with E-state index >= 15 is 0 Å². The molecule has 0 atom stereocenters. The molecule has 0 spiro atoms. The van der Waals surface area contributed by atoms with Gasteiger partial charge in [0.1, 0.15) is 4.90 Å². The van der Waals surface area contributed by atoms with Gasteiger partial charge in [-0.05, 0) is 34.4 Å². The van der Waals surface area contributed by atoms with Gasteiger partial charge in [-0.25, -0.2) is 0 Å². The topological polar surface area (TPSA) is 60.4 Å². The van der Waals surface area contributed by atoms with Crippen LogP contribution in [0, 0.1) is 0 Å². The van der Waals surface area contributed by atoms with Crippen molar-refractivity contribution in [3.63, 3.8) is 0 Å². The molecule has 2 aromatic carbocycles. The Kier molecular flexibility index (Phi) is 5.72. The lowest BCUT2D eigenvalue weighted by Gasteiger charge is -2.22. The molecular weight excluding hydrogens is 384 g/mol. The molecule has 0 aromatic heterocycles. The average molecular weight is 413 g/mol.